The average molecular weight is 376 g/mol. The largest absolute Gasteiger partial charge is 0.364 e. The summed E-state index contributed by atoms with van der Waals surface area (Å²) in [5.41, 5.74) is 4.21. The molecule has 0 amide bonds. The lowest BCUT2D eigenvalue weighted by Crippen LogP contribution is -2.07. The predicted octanol–water partition coefficient (Wildman–Crippen LogP) is 5.23. The van der Waals surface area contributed by atoms with Gasteiger partial charge in [-0.3, -0.25) is 0 Å². The van der Waals surface area contributed by atoms with Crippen LogP contribution in [-0.2, 0) is 11.3 Å². The molecule has 0 spiro atoms. The third-order valence-electron chi connectivity index (χ3n) is 4.31. The second kappa shape index (κ2) is 8.16. The SMILES string of the molecule is Clc1ccc(C(OCc2ccccc2)c2ccc(-n3cncn3)cc2)cc1. The normalized spacial score (nSPS) is 12.0. The summed E-state index contributed by atoms with van der Waals surface area (Å²) in [6.45, 7) is 0.527. The molecule has 4 aromatic rings. The van der Waals surface area contributed by atoms with Crippen molar-refractivity contribution in [2.45, 2.75) is 12.7 Å². The minimum atomic E-state index is -0.188. The first-order chi connectivity index (χ1) is 13.3. The van der Waals surface area contributed by atoms with E-state index in [9.17, 15) is 0 Å². The van der Waals surface area contributed by atoms with Gasteiger partial charge in [-0.15, -0.1) is 0 Å². The molecule has 0 aliphatic rings. The van der Waals surface area contributed by atoms with Gasteiger partial charge >= 0.3 is 0 Å². The van der Waals surface area contributed by atoms with Gasteiger partial charge in [-0.2, -0.15) is 5.10 Å². The minimum absolute atomic E-state index is 0.188. The molecule has 0 saturated heterocycles. The summed E-state index contributed by atoms with van der Waals surface area (Å²) >= 11 is 6.06. The van der Waals surface area contributed by atoms with Crippen LogP contribution in [0.4, 0.5) is 0 Å². The van der Waals surface area contributed by atoms with Crippen LogP contribution in [0.3, 0.4) is 0 Å². The van der Waals surface area contributed by atoms with Crippen molar-refractivity contribution in [1.82, 2.24) is 14.8 Å². The Hall–Kier alpha value is -2.95. The zero-order valence-corrected chi connectivity index (χ0v) is 15.3. The van der Waals surface area contributed by atoms with Crippen LogP contribution in [0.25, 0.3) is 5.69 Å². The lowest BCUT2D eigenvalue weighted by molar-refractivity contribution is 0.0667. The lowest BCUT2D eigenvalue weighted by atomic mass is 10.0. The Morgan fingerprint density at radius 3 is 2.15 bits per heavy atom. The zero-order valence-electron chi connectivity index (χ0n) is 14.6. The molecule has 1 heterocycles. The highest BCUT2D eigenvalue weighted by atomic mass is 35.5. The maximum Gasteiger partial charge on any atom is 0.138 e. The molecule has 1 atom stereocenters. The Bertz CT molecular complexity index is 969. The van der Waals surface area contributed by atoms with Crippen molar-refractivity contribution >= 4 is 11.6 Å². The van der Waals surface area contributed by atoms with Crippen LogP contribution >= 0.6 is 11.6 Å². The van der Waals surface area contributed by atoms with Crippen molar-refractivity contribution in [2.75, 3.05) is 0 Å². The molecule has 5 heteroatoms. The smallest absolute Gasteiger partial charge is 0.138 e. The van der Waals surface area contributed by atoms with E-state index in [1.807, 2.05) is 54.6 Å². The van der Waals surface area contributed by atoms with Crippen LogP contribution in [0.2, 0.25) is 5.02 Å². The number of benzene rings is 3. The molecule has 0 aliphatic carbocycles. The molecule has 0 N–H and O–H groups in total. The van der Waals surface area contributed by atoms with Gasteiger partial charge in [0.05, 0.1) is 12.3 Å². The van der Waals surface area contributed by atoms with Gasteiger partial charge in [-0.1, -0.05) is 66.2 Å². The van der Waals surface area contributed by atoms with E-state index < -0.39 is 0 Å². The Kier molecular flexibility index (Phi) is 5.28. The quantitative estimate of drug-likeness (QED) is 0.463. The number of halogens is 1. The molecule has 4 rings (SSSR count). The van der Waals surface area contributed by atoms with Gasteiger partial charge in [0.2, 0.25) is 0 Å². The fraction of sp³-hybridized carbons (Fsp3) is 0.0909. The molecule has 4 nitrogen and oxygen atoms in total. The highest BCUT2D eigenvalue weighted by molar-refractivity contribution is 6.30. The summed E-state index contributed by atoms with van der Waals surface area (Å²) < 4.78 is 8.02. The Labute approximate surface area is 163 Å². The van der Waals surface area contributed by atoms with E-state index >= 15 is 0 Å². The Morgan fingerprint density at radius 1 is 0.852 bits per heavy atom. The van der Waals surface area contributed by atoms with Gasteiger partial charge in [0.15, 0.2) is 0 Å². The van der Waals surface area contributed by atoms with Gasteiger partial charge in [0.25, 0.3) is 0 Å². The summed E-state index contributed by atoms with van der Waals surface area (Å²) in [4.78, 5) is 3.99. The summed E-state index contributed by atoms with van der Waals surface area (Å²) in [7, 11) is 0. The maximum atomic E-state index is 6.29. The predicted molar refractivity (Wildman–Crippen MR) is 106 cm³/mol. The summed E-state index contributed by atoms with van der Waals surface area (Å²) in [5, 5.41) is 4.87. The van der Waals surface area contributed by atoms with Crippen molar-refractivity contribution in [2.24, 2.45) is 0 Å². The third kappa shape index (κ3) is 4.25. The topological polar surface area (TPSA) is 39.9 Å². The number of aromatic nitrogens is 3. The molecule has 1 aromatic heterocycles. The maximum absolute atomic E-state index is 6.29. The van der Waals surface area contributed by atoms with E-state index in [1.165, 1.54) is 6.33 Å². The van der Waals surface area contributed by atoms with Crippen LogP contribution in [0.15, 0.2) is 91.5 Å². The molecular weight excluding hydrogens is 358 g/mol. The van der Waals surface area contributed by atoms with Crippen LogP contribution in [0, 0.1) is 0 Å². The molecule has 27 heavy (non-hydrogen) atoms. The fourth-order valence-corrected chi connectivity index (χ4v) is 3.05. The first-order valence-corrected chi connectivity index (χ1v) is 9.03. The number of rotatable bonds is 6. The highest BCUT2D eigenvalue weighted by Crippen LogP contribution is 2.29. The number of hydrogen-bond donors (Lipinski definition) is 0. The monoisotopic (exact) mass is 375 g/mol. The standard InChI is InChI=1S/C22H18ClN3O/c23-20-10-6-18(7-11-20)22(27-14-17-4-2-1-3-5-17)19-8-12-21(13-9-19)26-16-24-15-25-26/h1-13,15-16,22H,14H2. The second-order valence-corrected chi connectivity index (χ2v) is 6.60. The molecule has 1 unspecified atom stereocenters. The molecule has 0 fully saturated rings. The van der Waals surface area contributed by atoms with Crippen molar-refractivity contribution in [1.29, 1.82) is 0 Å². The number of nitrogens with zero attached hydrogens (tertiary/aromatic N) is 3. The Balaban J connectivity index is 1.61. The van der Waals surface area contributed by atoms with E-state index in [-0.39, 0.29) is 6.10 Å². The van der Waals surface area contributed by atoms with E-state index in [2.05, 4.69) is 34.3 Å². The first kappa shape index (κ1) is 17.5. The van der Waals surface area contributed by atoms with Gasteiger partial charge < -0.3 is 4.74 Å². The fourth-order valence-electron chi connectivity index (χ4n) is 2.92. The van der Waals surface area contributed by atoms with E-state index in [0.29, 0.717) is 11.6 Å². The molecule has 3 aromatic carbocycles. The lowest BCUT2D eigenvalue weighted by Gasteiger charge is -2.20. The van der Waals surface area contributed by atoms with Gasteiger partial charge in [0.1, 0.15) is 18.8 Å². The number of ether oxygens (including phenoxy) is 1. The highest BCUT2D eigenvalue weighted by Gasteiger charge is 2.15. The zero-order chi connectivity index (χ0) is 18.5. The van der Waals surface area contributed by atoms with Crippen molar-refractivity contribution in [3.63, 3.8) is 0 Å². The summed E-state index contributed by atoms with van der Waals surface area (Å²) in [6, 6.07) is 26.1. The van der Waals surface area contributed by atoms with Crippen LogP contribution < -0.4 is 0 Å². The molecular formula is C22H18ClN3O. The second-order valence-electron chi connectivity index (χ2n) is 6.16. The van der Waals surface area contributed by atoms with Crippen molar-refractivity contribution < 1.29 is 4.74 Å². The van der Waals surface area contributed by atoms with Crippen molar-refractivity contribution in [3.05, 3.63) is 113 Å². The molecule has 0 radical (unpaired) electrons. The van der Waals surface area contributed by atoms with Crippen LogP contribution in [-0.4, -0.2) is 14.8 Å². The molecule has 0 bridgehead atoms. The minimum Gasteiger partial charge on any atom is -0.364 e. The molecule has 0 saturated carbocycles. The van der Waals surface area contributed by atoms with Crippen LogP contribution in [0.5, 0.6) is 0 Å². The third-order valence-corrected chi connectivity index (χ3v) is 4.56. The van der Waals surface area contributed by atoms with E-state index in [1.54, 1.807) is 11.0 Å². The summed E-state index contributed by atoms with van der Waals surface area (Å²) in [6.07, 6.45) is 3.01. The Morgan fingerprint density at radius 2 is 1.52 bits per heavy atom. The van der Waals surface area contributed by atoms with Gasteiger partial charge in [0, 0.05) is 5.02 Å². The molecule has 0 aliphatic heterocycles. The van der Waals surface area contributed by atoms with E-state index in [0.717, 1.165) is 22.4 Å². The molecule has 134 valence electrons. The first-order valence-electron chi connectivity index (χ1n) is 8.65. The number of hydrogen-bond acceptors (Lipinski definition) is 3. The summed E-state index contributed by atoms with van der Waals surface area (Å²) in [5.74, 6) is 0. The average Bonchev–Trinajstić information content (AvgIpc) is 3.26. The van der Waals surface area contributed by atoms with Crippen LogP contribution in [0.1, 0.15) is 22.8 Å². The van der Waals surface area contributed by atoms with Crippen molar-refractivity contribution in [3.8, 4) is 5.69 Å². The van der Waals surface area contributed by atoms with E-state index in [4.69, 9.17) is 16.3 Å². The van der Waals surface area contributed by atoms with Gasteiger partial charge in [-0.05, 0) is 41.0 Å². The van der Waals surface area contributed by atoms with Gasteiger partial charge in [-0.25, -0.2) is 9.67 Å².